The number of hydrogen-bond acceptors (Lipinski definition) is 1. The van der Waals surface area contributed by atoms with Crippen molar-refractivity contribution in [3.63, 3.8) is 0 Å². The van der Waals surface area contributed by atoms with Crippen LogP contribution in [0.3, 0.4) is 0 Å². The third kappa shape index (κ3) is 3.34. The molecule has 2 rings (SSSR count). The Bertz CT molecular complexity index is 494. The number of aliphatic imine (C=N–C) groups is 1. The van der Waals surface area contributed by atoms with E-state index >= 15 is 0 Å². The Morgan fingerprint density at radius 1 is 1.37 bits per heavy atom. The summed E-state index contributed by atoms with van der Waals surface area (Å²) in [4.78, 5) is 18.1. The lowest BCUT2D eigenvalue weighted by Gasteiger charge is -2.13. The third-order valence-electron chi connectivity index (χ3n) is 3.39. The smallest absolute Gasteiger partial charge is 0.347 e. The molecule has 1 aliphatic heterocycles. The fraction of sp³-hybridized carbons (Fsp3) is 0.467. The Labute approximate surface area is 114 Å². The second-order valence-corrected chi connectivity index (χ2v) is 5.23. The molecule has 0 atom stereocenters. The fourth-order valence-electron chi connectivity index (χ4n) is 2.31. The Kier molecular flexibility index (Phi) is 4.20. The van der Waals surface area contributed by atoms with Crippen LogP contribution >= 0.6 is 0 Å². The molecular weight excluding hydrogens is 238 g/mol. The summed E-state index contributed by atoms with van der Waals surface area (Å²) in [6.45, 7) is 5.21. The van der Waals surface area contributed by atoms with E-state index in [1.807, 2.05) is 36.2 Å². The average Bonchev–Trinajstić information content (AvgIpc) is 2.75. The van der Waals surface area contributed by atoms with Gasteiger partial charge in [0.1, 0.15) is 5.84 Å². The Balaban J connectivity index is 2.11. The van der Waals surface area contributed by atoms with E-state index in [0.29, 0.717) is 5.92 Å². The number of likely N-dealkylation sites (tertiary alicyclic amines) is 1. The number of carbonyl (C=O) groups is 1. The second kappa shape index (κ2) is 5.87. The van der Waals surface area contributed by atoms with Crippen molar-refractivity contribution in [2.45, 2.75) is 32.6 Å². The average molecular weight is 259 g/mol. The first-order valence-corrected chi connectivity index (χ1v) is 6.76. The van der Waals surface area contributed by atoms with Gasteiger partial charge in [0.2, 0.25) is 0 Å². The number of urea groups is 1. The highest BCUT2D eigenvalue weighted by atomic mass is 16.2. The molecule has 19 heavy (non-hydrogen) atoms. The van der Waals surface area contributed by atoms with Gasteiger partial charge in [-0.2, -0.15) is 4.99 Å². The molecule has 1 aromatic rings. The van der Waals surface area contributed by atoms with Crippen molar-refractivity contribution in [2.75, 3.05) is 18.9 Å². The van der Waals surface area contributed by atoms with Crippen LogP contribution in [0.2, 0.25) is 0 Å². The molecule has 102 valence electrons. The highest BCUT2D eigenvalue weighted by Crippen LogP contribution is 2.23. The van der Waals surface area contributed by atoms with E-state index < -0.39 is 0 Å². The van der Waals surface area contributed by atoms with Gasteiger partial charge in [-0.1, -0.05) is 32.0 Å². The summed E-state index contributed by atoms with van der Waals surface area (Å²) in [5.41, 5.74) is 1.99. The van der Waals surface area contributed by atoms with Gasteiger partial charge in [-0.25, -0.2) is 4.79 Å². The van der Waals surface area contributed by atoms with Crippen molar-refractivity contribution in [1.29, 1.82) is 0 Å². The molecule has 1 heterocycles. The maximum Gasteiger partial charge on any atom is 0.347 e. The zero-order valence-electron chi connectivity index (χ0n) is 11.8. The van der Waals surface area contributed by atoms with Crippen LogP contribution < -0.4 is 5.32 Å². The molecule has 1 saturated heterocycles. The molecule has 1 aromatic carbocycles. The first-order valence-electron chi connectivity index (χ1n) is 6.76. The van der Waals surface area contributed by atoms with E-state index in [2.05, 4.69) is 24.2 Å². The number of benzene rings is 1. The molecule has 0 unspecified atom stereocenters. The van der Waals surface area contributed by atoms with Gasteiger partial charge in [-0.05, 0) is 24.0 Å². The summed E-state index contributed by atoms with van der Waals surface area (Å²) < 4.78 is 0. The third-order valence-corrected chi connectivity index (χ3v) is 3.39. The van der Waals surface area contributed by atoms with E-state index in [-0.39, 0.29) is 6.03 Å². The van der Waals surface area contributed by atoms with Crippen LogP contribution in [0.1, 0.15) is 38.2 Å². The zero-order valence-corrected chi connectivity index (χ0v) is 11.8. The number of para-hydroxylation sites is 1. The number of carbonyl (C=O) groups excluding carboxylic acids is 1. The molecule has 1 aliphatic rings. The highest BCUT2D eigenvalue weighted by Gasteiger charge is 2.16. The quantitative estimate of drug-likeness (QED) is 0.884. The Hall–Kier alpha value is -1.84. The maximum atomic E-state index is 12.0. The molecular formula is C15H21N3O. The van der Waals surface area contributed by atoms with Gasteiger partial charge in [-0.15, -0.1) is 0 Å². The SMILES string of the molecule is CC(C)c1ccccc1NC(=O)/N=C1\CCCN1C. The van der Waals surface area contributed by atoms with E-state index in [9.17, 15) is 4.79 Å². The zero-order chi connectivity index (χ0) is 13.8. The molecule has 4 heteroatoms. The van der Waals surface area contributed by atoms with E-state index in [0.717, 1.165) is 36.5 Å². The predicted molar refractivity (Wildman–Crippen MR) is 78.8 cm³/mol. The number of amidine groups is 1. The molecule has 4 nitrogen and oxygen atoms in total. The number of nitrogens with zero attached hydrogens (tertiary/aromatic N) is 2. The number of hydrogen-bond donors (Lipinski definition) is 1. The van der Waals surface area contributed by atoms with Gasteiger partial charge in [0.05, 0.1) is 0 Å². The van der Waals surface area contributed by atoms with Gasteiger partial charge in [-0.3, -0.25) is 0 Å². The van der Waals surface area contributed by atoms with Crippen molar-refractivity contribution in [1.82, 2.24) is 4.90 Å². The van der Waals surface area contributed by atoms with Crippen LogP contribution in [-0.2, 0) is 0 Å². The standard InChI is InChI=1S/C15H21N3O/c1-11(2)12-7-4-5-8-13(12)16-15(19)17-14-9-6-10-18(14)3/h4-5,7-8,11H,6,9-10H2,1-3H3,(H,16,19)/b17-14+. The molecule has 2 amide bonds. The number of anilines is 1. The first-order chi connectivity index (χ1) is 9.08. The van der Waals surface area contributed by atoms with Crippen LogP contribution in [0.4, 0.5) is 10.5 Å². The van der Waals surface area contributed by atoms with Crippen molar-refractivity contribution in [3.8, 4) is 0 Å². The van der Waals surface area contributed by atoms with Crippen LogP contribution in [0.25, 0.3) is 0 Å². The van der Waals surface area contributed by atoms with Gasteiger partial charge >= 0.3 is 6.03 Å². The lowest BCUT2D eigenvalue weighted by atomic mass is 10.0. The highest BCUT2D eigenvalue weighted by molar-refractivity contribution is 6.00. The Morgan fingerprint density at radius 2 is 2.11 bits per heavy atom. The lowest BCUT2D eigenvalue weighted by Crippen LogP contribution is -2.21. The molecule has 0 aromatic heterocycles. The number of rotatable bonds is 2. The second-order valence-electron chi connectivity index (χ2n) is 5.23. The van der Waals surface area contributed by atoms with Crippen LogP contribution in [0.5, 0.6) is 0 Å². The summed E-state index contributed by atoms with van der Waals surface area (Å²) in [6.07, 6.45) is 1.96. The minimum atomic E-state index is -0.281. The molecule has 0 spiro atoms. The summed E-state index contributed by atoms with van der Waals surface area (Å²) in [5, 5.41) is 2.89. The monoisotopic (exact) mass is 259 g/mol. The van der Waals surface area contributed by atoms with Crippen molar-refractivity contribution in [3.05, 3.63) is 29.8 Å². The Morgan fingerprint density at radius 3 is 2.74 bits per heavy atom. The topological polar surface area (TPSA) is 44.7 Å². The lowest BCUT2D eigenvalue weighted by molar-refractivity contribution is 0.259. The summed E-state index contributed by atoms with van der Waals surface area (Å²) in [7, 11) is 1.97. The number of nitrogens with one attached hydrogen (secondary N) is 1. The fourth-order valence-corrected chi connectivity index (χ4v) is 2.31. The van der Waals surface area contributed by atoms with Gasteiger partial charge in [0.15, 0.2) is 0 Å². The van der Waals surface area contributed by atoms with E-state index in [1.54, 1.807) is 0 Å². The first kappa shape index (κ1) is 13.6. The summed E-state index contributed by atoms with van der Waals surface area (Å²) in [5.74, 6) is 1.25. The molecule has 1 N–H and O–H groups in total. The van der Waals surface area contributed by atoms with E-state index in [4.69, 9.17) is 0 Å². The van der Waals surface area contributed by atoms with Gasteiger partial charge in [0, 0.05) is 25.7 Å². The minimum absolute atomic E-state index is 0.281. The molecule has 0 saturated carbocycles. The maximum absolute atomic E-state index is 12.0. The molecule has 0 radical (unpaired) electrons. The molecule has 0 bridgehead atoms. The van der Waals surface area contributed by atoms with Gasteiger partial charge < -0.3 is 10.2 Å². The van der Waals surface area contributed by atoms with Crippen molar-refractivity contribution < 1.29 is 4.79 Å². The van der Waals surface area contributed by atoms with Crippen molar-refractivity contribution >= 4 is 17.6 Å². The summed E-state index contributed by atoms with van der Waals surface area (Å²) >= 11 is 0. The normalized spacial score (nSPS) is 17.3. The van der Waals surface area contributed by atoms with Crippen LogP contribution in [0.15, 0.2) is 29.3 Å². The minimum Gasteiger partial charge on any atom is -0.363 e. The van der Waals surface area contributed by atoms with Crippen molar-refractivity contribution in [2.24, 2.45) is 4.99 Å². The van der Waals surface area contributed by atoms with Crippen LogP contribution in [0, 0.1) is 0 Å². The molecule has 0 aliphatic carbocycles. The largest absolute Gasteiger partial charge is 0.363 e. The van der Waals surface area contributed by atoms with E-state index in [1.165, 1.54) is 0 Å². The van der Waals surface area contributed by atoms with Crippen LogP contribution in [-0.4, -0.2) is 30.4 Å². The van der Waals surface area contributed by atoms with Gasteiger partial charge in [0.25, 0.3) is 0 Å². The number of amides is 2. The molecule has 1 fully saturated rings. The summed E-state index contributed by atoms with van der Waals surface area (Å²) in [6, 6.07) is 7.59. The predicted octanol–water partition coefficient (Wildman–Crippen LogP) is 3.47.